The van der Waals surface area contributed by atoms with E-state index in [4.69, 9.17) is 0 Å². The molecule has 0 spiro atoms. The highest BCUT2D eigenvalue weighted by molar-refractivity contribution is 7.89. The van der Waals surface area contributed by atoms with Gasteiger partial charge in [-0.1, -0.05) is 26.2 Å². The molecule has 0 aromatic heterocycles. The molecule has 1 rings (SSSR count). The second kappa shape index (κ2) is 8.06. The molecule has 1 saturated carbocycles. The molecule has 102 valence electrons. The summed E-state index contributed by atoms with van der Waals surface area (Å²) in [5, 5.41) is 3.22. The zero-order chi connectivity index (χ0) is 12.6. The maximum absolute atomic E-state index is 11.8. The summed E-state index contributed by atoms with van der Waals surface area (Å²) < 4.78 is 26.4. The molecular weight excluding hydrogens is 236 g/mol. The van der Waals surface area contributed by atoms with Crippen LogP contribution in [0, 0.1) is 0 Å². The summed E-state index contributed by atoms with van der Waals surface area (Å²) in [4.78, 5) is 0. The SMILES string of the molecule is CCCNCCCS(=O)(=O)NC1CCCCC1. The fraction of sp³-hybridized carbons (Fsp3) is 1.00. The third-order valence-electron chi connectivity index (χ3n) is 3.14. The van der Waals surface area contributed by atoms with Crippen LogP contribution in [0.3, 0.4) is 0 Å². The first-order chi connectivity index (χ1) is 8.14. The zero-order valence-electron chi connectivity index (χ0n) is 10.9. The molecule has 1 fully saturated rings. The van der Waals surface area contributed by atoms with Gasteiger partial charge >= 0.3 is 0 Å². The molecule has 0 aromatic carbocycles. The van der Waals surface area contributed by atoms with E-state index < -0.39 is 10.0 Å². The highest BCUT2D eigenvalue weighted by Gasteiger charge is 2.19. The lowest BCUT2D eigenvalue weighted by molar-refractivity contribution is 0.412. The molecule has 5 heteroatoms. The number of hydrogen-bond donors (Lipinski definition) is 2. The van der Waals surface area contributed by atoms with Gasteiger partial charge in [-0.15, -0.1) is 0 Å². The molecule has 2 N–H and O–H groups in total. The van der Waals surface area contributed by atoms with Crippen molar-refractivity contribution in [3.63, 3.8) is 0 Å². The van der Waals surface area contributed by atoms with Gasteiger partial charge in [0.2, 0.25) is 10.0 Å². The molecule has 0 heterocycles. The Morgan fingerprint density at radius 3 is 2.47 bits per heavy atom. The van der Waals surface area contributed by atoms with Gasteiger partial charge in [-0.2, -0.15) is 0 Å². The lowest BCUT2D eigenvalue weighted by atomic mass is 9.96. The van der Waals surface area contributed by atoms with Crippen LogP contribution in [0.5, 0.6) is 0 Å². The van der Waals surface area contributed by atoms with Crippen molar-refractivity contribution in [1.29, 1.82) is 0 Å². The van der Waals surface area contributed by atoms with Crippen molar-refractivity contribution in [2.75, 3.05) is 18.8 Å². The molecule has 1 aliphatic carbocycles. The van der Waals surface area contributed by atoms with Gasteiger partial charge in [-0.25, -0.2) is 13.1 Å². The first-order valence-corrected chi connectivity index (χ1v) is 8.50. The van der Waals surface area contributed by atoms with Crippen molar-refractivity contribution >= 4 is 10.0 Å². The second-order valence-corrected chi connectivity index (χ2v) is 6.75. The summed E-state index contributed by atoms with van der Waals surface area (Å²) >= 11 is 0. The Labute approximate surface area is 106 Å². The van der Waals surface area contributed by atoms with E-state index in [2.05, 4.69) is 17.0 Å². The largest absolute Gasteiger partial charge is 0.317 e. The lowest BCUT2D eigenvalue weighted by Crippen LogP contribution is -2.38. The summed E-state index contributed by atoms with van der Waals surface area (Å²) in [6.45, 7) is 3.86. The van der Waals surface area contributed by atoms with E-state index >= 15 is 0 Å². The highest BCUT2D eigenvalue weighted by Crippen LogP contribution is 2.18. The van der Waals surface area contributed by atoms with Crippen LogP contribution in [0.2, 0.25) is 0 Å². The van der Waals surface area contributed by atoms with E-state index in [1.807, 2.05) is 0 Å². The zero-order valence-corrected chi connectivity index (χ0v) is 11.7. The maximum Gasteiger partial charge on any atom is 0.211 e. The van der Waals surface area contributed by atoms with Gasteiger partial charge < -0.3 is 5.32 Å². The molecule has 0 unspecified atom stereocenters. The van der Waals surface area contributed by atoms with Crippen molar-refractivity contribution in [3.05, 3.63) is 0 Å². The van der Waals surface area contributed by atoms with Gasteiger partial charge in [-0.3, -0.25) is 0 Å². The number of hydrogen-bond acceptors (Lipinski definition) is 3. The molecule has 0 amide bonds. The fourth-order valence-electron chi connectivity index (χ4n) is 2.22. The summed E-state index contributed by atoms with van der Waals surface area (Å²) in [6, 6.07) is 0.192. The quantitative estimate of drug-likeness (QED) is 0.654. The average molecular weight is 262 g/mol. The van der Waals surface area contributed by atoms with Crippen molar-refractivity contribution in [1.82, 2.24) is 10.0 Å². The first kappa shape index (κ1) is 14.9. The van der Waals surface area contributed by atoms with Crippen LogP contribution < -0.4 is 10.0 Å². The van der Waals surface area contributed by atoms with Gasteiger partial charge in [0.1, 0.15) is 0 Å². The standard InChI is InChI=1S/C12H26N2O2S/c1-2-9-13-10-6-11-17(15,16)14-12-7-4-3-5-8-12/h12-14H,2-11H2,1H3. The second-order valence-electron chi connectivity index (χ2n) is 4.88. The van der Waals surface area contributed by atoms with Crippen LogP contribution in [0.25, 0.3) is 0 Å². The highest BCUT2D eigenvalue weighted by atomic mass is 32.2. The summed E-state index contributed by atoms with van der Waals surface area (Å²) in [6.07, 6.45) is 7.37. The van der Waals surface area contributed by atoms with E-state index in [0.29, 0.717) is 6.42 Å². The Morgan fingerprint density at radius 2 is 1.82 bits per heavy atom. The Kier molecular flexibility index (Phi) is 7.08. The minimum absolute atomic E-state index is 0.192. The van der Waals surface area contributed by atoms with Gasteiger partial charge in [0.05, 0.1) is 5.75 Å². The van der Waals surface area contributed by atoms with Crippen LogP contribution in [0.1, 0.15) is 51.9 Å². The minimum Gasteiger partial charge on any atom is -0.317 e. The van der Waals surface area contributed by atoms with Gasteiger partial charge in [0, 0.05) is 6.04 Å². The van der Waals surface area contributed by atoms with E-state index in [1.54, 1.807) is 0 Å². The molecule has 0 bridgehead atoms. The Hall–Kier alpha value is -0.130. The number of nitrogens with one attached hydrogen (secondary N) is 2. The van der Waals surface area contributed by atoms with Crippen molar-refractivity contribution in [3.8, 4) is 0 Å². The molecule has 17 heavy (non-hydrogen) atoms. The molecule has 1 aliphatic rings. The normalized spacial score (nSPS) is 18.4. The van der Waals surface area contributed by atoms with Crippen LogP contribution in [0.15, 0.2) is 0 Å². The van der Waals surface area contributed by atoms with Crippen LogP contribution in [-0.2, 0) is 10.0 Å². The fourth-order valence-corrected chi connectivity index (χ4v) is 3.61. The molecule has 0 aromatic rings. The third-order valence-corrected chi connectivity index (χ3v) is 4.66. The van der Waals surface area contributed by atoms with E-state index in [1.165, 1.54) is 6.42 Å². The Morgan fingerprint density at radius 1 is 1.12 bits per heavy atom. The molecule has 4 nitrogen and oxygen atoms in total. The van der Waals surface area contributed by atoms with Crippen LogP contribution in [0.4, 0.5) is 0 Å². The van der Waals surface area contributed by atoms with Crippen molar-refractivity contribution in [2.24, 2.45) is 0 Å². The third kappa shape index (κ3) is 7.01. The predicted molar refractivity (Wildman–Crippen MR) is 71.6 cm³/mol. The van der Waals surface area contributed by atoms with Crippen molar-refractivity contribution < 1.29 is 8.42 Å². The minimum atomic E-state index is -3.06. The molecular formula is C12H26N2O2S. The molecule has 0 saturated heterocycles. The Balaban J connectivity index is 2.16. The van der Waals surface area contributed by atoms with E-state index in [-0.39, 0.29) is 11.8 Å². The van der Waals surface area contributed by atoms with Gasteiger partial charge in [0.15, 0.2) is 0 Å². The van der Waals surface area contributed by atoms with Gasteiger partial charge in [0.25, 0.3) is 0 Å². The summed E-state index contributed by atoms with van der Waals surface area (Å²) in [5.74, 6) is 0.250. The van der Waals surface area contributed by atoms with E-state index in [0.717, 1.165) is 45.2 Å². The predicted octanol–water partition coefficient (Wildman–Crippen LogP) is 1.63. The summed E-state index contributed by atoms with van der Waals surface area (Å²) in [5.41, 5.74) is 0. The van der Waals surface area contributed by atoms with Gasteiger partial charge in [-0.05, 0) is 38.8 Å². The van der Waals surface area contributed by atoms with Crippen LogP contribution >= 0.6 is 0 Å². The topological polar surface area (TPSA) is 58.2 Å². The van der Waals surface area contributed by atoms with Crippen LogP contribution in [-0.4, -0.2) is 33.3 Å². The number of sulfonamides is 1. The first-order valence-electron chi connectivity index (χ1n) is 6.85. The molecule has 0 atom stereocenters. The summed E-state index contributed by atoms with van der Waals surface area (Å²) in [7, 11) is -3.06. The lowest BCUT2D eigenvalue weighted by Gasteiger charge is -2.22. The smallest absolute Gasteiger partial charge is 0.211 e. The molecule has 0 aliphatic heterocycles. The van der Waals surface area contributed by atoms with Crippen molar-refractivity contribution in [2.45, 2.75) is 57.9 Å². The average Bonchev–Trinajstić information content (AvgIpc) is 2.29. The molecule has 0 radical (unpaired) electrons. The van der Waals surface area contributed by atoms with E-state index in [9.17, 15) is 8.42 Å². The maximum atomic E-state index is 11.8. The number of rotatable bonds is 8. The Bertz CT molecular complexity index is 285. The monoisotopic (exact) mass is 262 g/mol.